The van der Waals surface area contributed by atoms with Gasteiger partial charge in [0.1, 0.15) is 0 Å². The number of nitrogens with zero attached hydrogens (tertiary/aromatic N) is 1. The molecule has 0 aromatic rings. The fourth-order valence-electron chi connectivity index (χ4n) is 1.74. The first kappa shape index (κ1) is 14.7. The van der Waals surface area contributed by atoms with Gasteiger partial charge in [-0.2, -0.15) is 0 Å². The Bertz CT molecular complexity index is 175. The van der Waals surface area contributed by atoms with Gasteiger partial charge < -0.3 is 10.2 Å². The Hall–Kier alpha value is -0.340. The monoisotopic (exact) mass is 212 g/mol. The Kier molecular flexibility index (Phi) is 7.71. The molecule has 0 aliphatic rings. The molecule has 0 spiro atoms. The molecule has 0 amide bonds. The Morgan fingerprint density at radius 3 is 2.33 bits per heavy atom. The first-order chi connectivity index (χ1) is 6.91. The molecule has 1 unspecified atom stereocenters. The third-order valence-corrected chi connectivity index (χ3v) is 2.21. The van der Waals surface area contributed by atoms with Gasteiger partial charge in [-0.3, -0.25) is 0 Å². The van der Waals surface area contributed by atoms with E-state index in [1.54, 1.807) is 0 Å². The van der Waals surface area contributed by atoms with Crippen LogP contribution in [0.15, 0.2) is 12.2 Å². The molecule has 0 saturated heterocycles. The van der Waals surface area contributed by atoms with Crippen LogP contribution in [0, 0.1) is 11.8 Å². The van der Waals surface area contributed by atoms with Crippen LogP contribution < -0.4 is 5.32 Å². The molecule has 1 N–H and O–H groups in total. The average Bonchev–Trinajstić information content (AvgIpc) is 2.00. The molecule has 1 atom stereocenters. The van der Waals surface area contributed by atoms with E-state index in [0.29, 0.717) is 5.92 Å². The molecule has 0 aromatic heterocycles. The molecule has 90 valence electrons. The molecule has 15 heavy (non-hydrogen) atoms. The van der Waals surface area contributed by atoms with E-state index in [9.17, 15) is 0 Å². The summed E-state index contributed by atoms with van der Waals surface area (Å²) in [5.74, 6) is 1.44. The van der Waals surface area contributed by atoms with Crippen molar-refractivity contribution in [3.8, 4) is 0 Å². The fourth-order valence-corrected chi connectivity index (χ4v) is 1.74. The summed E-state index contributed by atoms with van der Waals surface area (Å²) in [5.41, 5.74) is 1.24. The summed E-state index contributed by atoms with van der Waals surface area (Å²) in [5, 5.41) is 3.49. The van der Waals surface area contributed by atoms with Crippen LogP contribution in [0.25, 0.3) is 0 Å². The second-order valence-corrected chi connectivity index (χ2v) is 5.31. The standard InChI is InChI=1S/C13H28N2/c1-11(2)7-14-8-13(5)10-15(6)9-12(3)4/h11,13-14H,3,7-10H2,1-2,4-6H3. The van der Waals surface area contributed by atoms with E-state index in [1.807, 2.05) is 0 Å². The number of nitrogens with one attached hydrogen (secondary N) is 1. The summed E-state index contributed by atoms with van der Waals surface area (Å²) in [4.78, 5) is 2.34. The van der Waals surface area contributed by atoms with Crippen molar-refractivity contribution in [1.29, 1.82) is 0 Å². The van der Waals surface area contributed by atoms with Crippen LogP contribution in [0.3, 0.4) is 0 Å². The Morgan fingerprint density at radius 1 is 1.27 bits per heavy atom. The van der Waals surface area contributed by atoms with Crippen molar-refractivity contribution >= 4 is 0 Å². The Labute approximate surface area is 95.7 Å². The first-order valence-corrected chi connectivity index (χ1v) is 5.95. The number of hydrogen-bond donors (Lipinski definition) is 1. The topological polar surface area (TPSA) is 15.3 Å². The molecule has 0 fully saturated rings. The lowest BCUT2D eigenvalue weighted by molar-refractivity contribution is 0.298. The quantitative estimate of drug-likeness (QED) is 0.621. The van der Waals surface area contributed by atoms with Gasteiger partial charge in [0.15, 0.2) is 0 Å². The summed E-state index contributed by atoms with van der Waals surface area (Å²) in [6.07, 6.45) is 0. The molecule has 0 bridgehead atoms. The summed E-state index contributed by atoms with van der Waals surface area (Å²) in [6, 6.07) is 0. The van der Waals surface area contributed by atoms with Crippen LogP contribution in [0.2, 0.25) is 0 Å². The van der Waals surface area contributed by atoms with Crippen LogP contribution in [0.4, 0.5) is 0 Å². The minimum absolute atomic E-state index is 0.702. The maximum atomic E-state index is 3.93. The predicted octanol–water partition coefficient (Wildman–Crippen LogP) is 2.38. The minimum Gasteiger partial charge on any atom is -0.316 e. The lowest BCUT2D eigenvalue weighted by Gasteiger charge is -2.22. The van der Waals surface area contributed by atoms with Crippen molar-refractivity contribution in [2.75, 3.05) is 33.2 Å². The van der Waals surface area contributed by atoms with Gasteiger partial charge in [-0.05, 0) is 38.9 Å². The zero-order chi connectivity index (χ0) is 11.8. The number of rotatable bonds is 8. The van der Waals surface area contributed by atoms with Crippen molar-refractivity contribution in [3.63, 3.8) is 0 Å². The molecule has 0 saturated carbocycles. The second kappa shape index (κ2) is 7.89. The SMILES string of the molecule is C=C(C)CN(C)CC(C)CNCC(C)C. The highest BCUT2D eigenvalue weighted by molar-refractivity contribution is 4.91. The number of hydrogen-bond acceptors (Lipinski definition) is 2. The highest BCUT2D eigenvalue weighted by Crippen LogP contribution is 2.00. The van der Waals surface area contributed by atoms with Crippen LogP contribution in [0.1, 0.15) is 27.7 Å². The lowest BCUT2D eigenvalue weighted by atomic mass is 10.1. The normalized spacial score (nSPS) is 13.5. The summed E-state index contributed by atoms with van der Waals surface area (Å²) < 4.78 is 0. The molecular weight excluding hydrogens is 184 g/mol. The molecule has 2 nitrogen and oxygen atoms in total. The molecule has 0 aliphatic heterocycles. The maximum Gasteiger partial charge on any atom is 0.0184 e. The van der Waals surface area contributed by atoms with Gasteiger partial charge in [-0.25, -0.2) is 0 Å². The van der Waals surface area contributed by atoms with E-state index in [0.717, 1.165) is 32.1 Å². The molecule has 0 aromatic carbocycles. The Morgan fingerprint density at radius 2 is 1.87 bits per heavy atom. The molecular formula is C13H28N2. The Balaban J connectivity index is 3.55. The minimum atomic E-state index is 0.702. The molecule has 0 aliphatic carbocycles. The van der Waals surface area contributed by atoms with Crippen molar-refractivity contribution in [3.05, 3.63) is 12.2 Å². The molecule has 2 heteroatoms. The highest BCUT2D eigenvalue weighted by Gasteiger charge is 2.06. The summed E-state index contributed by atoms with van der Waals surface area (Å²) in [6.45, 7) is 17.2. The van der Waals surface area contributed by atoms with E-state index in [-0.39, 0.29) is 0 Å². The zero-order valence-corrected chi connectivity index (χ0v) is 11.1. The van der Waals surface area contributed by atoms with Gasteiger partial charge in [-0.15, -0.1) is 0 Å². The second-order valence-electron chi connectivity index (χ2n) is 5.31. The van der Waals surface area contributed by atoms with E-state index in [1.165, 1.54) is 5.57 Å². The summed E-state index contributed by atoms with van der Waals surface area (Å²) >= 11 is 0. The average molecular weight is 212 g/mol. The van der Waals surface area contributed by atoms with Crippen LogP contribution in [-0.4, -0.2) is 38.1 Å². The molecule has 0 radical (unpaired) electrons. The van der Waals surface area contributed by atoms with Gasteiger partial charge in [0.25, 0.3) is 0 Å². The van der Waals surface area contributed by atoms with Crippen molar-refractivity contribution in [2.24, 2.45) is 11.8 Å². The van der Waals surface area contributed by atoms with E-state index in [4.69, 9.17) is 0 Å². The first-order valence-electron chi connectivity index (χ1n) is 5.95. The predicted molar refractivity (Wildman–Crippen MR) is 69.2 cm³/mol. The maximum absolute atomic E-state index is 3.93. The fraction of sp³-hybridized carbons (Fsp3) is 0.846. The van der Waals surface area contributed by atoms with Gasteiger partial charge in [0, 0.05) is 13.1 Å². The lowest BCUT2D eigenvalue weighted by Crippen LogP contribution is -2.33. The van der Waals surface area contributed by atoms with Gasteiger partial charge >= 0.3 is 0 Å². The van der Waals surface area contributed by atoms with Crippen LogP contribution in [-0.2, 0) is 0 Å². The highest BCUT2D eigenvalue weighted by atomic mass is 15.1. The van der Waals surface area contributed by atoms with Crippen molar-refractivity contribution in [1.82, 2.24) is 10.2 Å². The van der Waals surface area contributed by atoms with Gasteiger partial charge in [0.2, 0.25) is 0 Å². The van der Waals surface area contributed by atoms with Gasteiger partial charge in [-0.1, -0.05) is 32.9 Å². The van der Waals surface area contributed by atoms with Crippen molar-refractivity contribution < 1.29 is 0 Å². The number of likely N-dealkylation sites (N-methyl/N-ethyl adjacent to an activating group) is 1. The van der Waals surface area contributed by atoms with Crippen molar-refractivity contribution in [2.45, 2.75) is 27.7 Å². The van der Waals surface area contributed by atoms with Gasteiger partial charge in [0.05, 0.1) is 0 Å². The zero-order valence-electron chi connectivity index (χ0n) is 11.1. The van der Waals surface area contributed by atoms with E-state index in [2.05, 4.69) is 51.5 Å². The summed E-state index contributed by atoms with van der Waals surface area (Å²) in [7, 11) is 2.16. The molecule has 0 heterocycles. The smallest absolute Gasteiger partial charge is 0.0184 e. The largest absolute Gasteiger partial charge is 0.316 e. The third kappa shape index (κ3) is 9.95. The van der Waals surface area contributed by atoms with Crippen LogP contribution in [0.5, 0.6) is 0 Å². The van der Waals surface area contributed by atoms with Crippen LogP contribution >= 0.6 is 0 Å². The van der Waals surface area contributed by atoms with E-state index < -0.39 is 0 Å². The molecule has 0 rings (SSSR count). The third-order valence-electron chi connectivity index (χ3n) is 2.21. The van der Waals surface area contributed by atoms with E-state index >= 15 is 0 Å².